The molecule has 0 radical (unpaired) electrons. The van der Waals surface area contributed by atoms with Gasteiger partial charge in [0.1, 0.15) is 0 Å². The molecule has 0 aromatic heterocycles. The Kier molecular flexibility index (Phi) is 6.81. The van der Waals surface area contributed by atoms with E-state index in [1.165, 1.54) is 12.1 Å². The Labute approximate surface area is 134 Å². The van der Waals surface area contributed by atoms with E-state index < -0.39 is 11.8 Å². The quantitative estimate of drug-likeness (QED) is 0.581. The molecule has 6 heteroatoms. The molecule has 1 aromatic carbocycles. The van der Waals surface area contributed by atoms with Gasteiger partial charge in [0.2, 0.25) is 0 Å². The second-order valence-electron chi connectivity index (χ2n) is 6.10. The van der Waals surface area contributed by atoms with E-state index in [1.807, 2.05) is 20.8 Å². The van der Waals surface area contributed by atoms with Crippen LogP contribution in [0.25, 0.3) is 0 Å². The largest absolute Gasteiger partial charge is 0.465 e. The van der Waals surface area contributed by atoms with Gasteiger partial charge in [0, 0.05) is 12.8 Å². The minimum absolute atomic E-state index is 0.0186. The molecule has 0 saturated carbocycles. The number of carbonyl (C=O) groups is 2. The molecule has 1 rings (SSSR count). The molecule has 0 aliphatic rings. The smallest absolute Gasteiger partial charge is 0.311 e. The zero-order chi connectivity index (χ0) is 16.8. The van der Waals surface area contributed by atoms with E-state index in [2.05, 4.69) is 0 Å². The van der Waals surface area contributed by atoms with Gasteiger partial charge in [-0.2, -0.15) is 0 Å². The average Bonchev–Trinajstić information content (AvgIpc) is 2.40. The summed E-state index contributed by atoms with van der Waals surface area (Å²) in [6, 6.07) is 4.00. The highest BCUT2D eigenvalue weighted by Gasteiger charge is 2.16. The number of carbonyl (C=O) groups excluding carboxylic acids is 2. The fourth-order valence-corrected chi connectivity index (χ4v) is 1.69. The molecule has 0 amide bonds. The number of hydrogen-bond donors (Lipinski definition) is 0. The van der Waals surface area contributed by atoms with Crippen LogP contribution in [0.2, 0.25) is 5.02 Å². The average molecular weight is 331 g/mol. The summed E-state index contributed by atoms with van der Waals surface area (Å²) < 4.78 is 23.4. The first-order valence-corrected chi connectivity index (χ1v) is 7.37. The van der Waals surface area contributed by atoms with Crippen molar-refractivity contribution in [1.82, 2.24) is 0 Å². The Hall–Kier alpha value is -1.62. The first kappa shape index (κ1) is 18.4. The summed E-state index contributed by atoms with van der Waals surface area (Å²) in [6.07, 6.45) is 0.360. The fraction of sp³-hybridized carbons (Fsp3) is 0.500. The minimum Gasteiger partial charge on any atom is -0.465 e. The first-order chi connectivity index (χ1) is 10.2. The molecule has 0 aliphatic heterocycles. The van der Waals surface area contributed by atoms with Crippen LogP contribution < -0.4 is 4.74 Å². The molecule has 0 aliphatic carbocycles. The SMILES string of the molecule is CC(C)(C)COC(=O)CCCC(=O)Oc1c(F)cccc1Cl. The van der Waals surface area contributed by atoms with Crippen LogP contribution in [0.1, 0.15) is 40.0 Å². The van der Waals surface area contributed by atoms with Crippen LogP contribution >= 0.6 is 11.6 Å². The molecule has 0 atom stereocenters. The summed E-state index contributed by atoms with van der Waals surface area (Å²) in [7, 11) is 0. The maximum absolute atomic E-state index is 13.4. The topological polar surface area (TPSA) is 52.6 Å². The Morgan fingerprint density at radius 1 is 1.18 bits per heavy atom. The van der Waals surface area contributed by atoms with E-state index in [0.29, 0.717) is 6.61 Å². The summed E-state index contributed by atoms with van der Waals surface area (Å²) >= 11 is 5.75. The van der Waals surface area contributed by atoms with Gasteiger partial charge in [0.25, 0.3) is 0 Å². The van der Waals surface area contributed by atoms with Crippen molar-refractivity contribution in [2.45, 2.75) is 40.0 Å². The lowest BCUT2D eigenvalue weighted by Gasteiger charge is -2.17. The summed E-state index contributed by atoms with van der Waals surface area (Å²) in [5.41, 5.74) is -0.101. The Bertz CT molecular complexity index is 517. The third-order valence-corrected chi connectivity index (χ3v) is 2.86. The number of esters is 2. The van der Waals surface area contributed by atoms with Gasteiger partial charge in [-0.05, 0) is 24.0 Å². The Morgan fingerprint density at radius 3 is 2.41 bits per heavy atom. The molecule has 1 aromatic rings. The summed E-state index contributed by atoms with van der Waals surface area (Å²) in [4.78, 5) is 23.1. The monoisotopic (exact) mass is 330 g/mol. The highest BCUT2D eigenvalue weighted by molar-refractivity contribution is 6.32. The first-order valence-electron chi connectivity index (χ1n) is 6.99. The summed E-state index contributed by atoms with van der Waals surface area (Å²) in [5, 5.41) is 0.0259. The van der Waals surface area contributed by atoms with Crippen molar-refractivity contribution in [2.24, 2.45) is 5.41 Å². The standard InChI is InChI=1S/C16H20ClFO4/c1-16(2,3)10-21-13(19)8-5-9-14(20)22-15-11(17)6-4-7-12(15)18/h4,6-7H,5,8-10H2,1-3H3. The van der Waals surface area contributed by atoms with Crippen LogP contribution in [0.3, 0.4) is 0 Å². The van der Waals surface area contributed by atoms with Crippen LogP contribution in [0.15, 0.2) is 18.2 Å². The van der Waals surface area contributed by atoms with Crippen LogP contribution in [-0.2, 0) is 14.3 Å². The van der Waals surface area contributed by atoms with Gasteiger partial charge in [0.15, 0.2) is 11.6 Å². The highest BCUT2D eigenvalue weighted by atomic mass is 35.5. The molecular weight excluding hydrogens is 311 g/mol. The van der Waals surface area contributed by atoms with E-state index in [9.17, 15) is 14.0 Å². The van der Waals surface area contributed by atoms with Crippen LogP contribution in [0.4, 0.5) is 4.39 Å². The van der Waals surface area contributed by atoms with E-state index >= 15 is 0 Å². The molecule has 122 valence electrons. The molecule has 0 saturated heterocycles. The van der Waals surface area contributed by atoms with Crippen molar-refractivity contribution in [3.05, 3.63) is 29.0 Å². The van der Waals surface area contributed by atoms with E-state index in [0.717, 1.165) is 6.07 Å². The molecule has 22 heavy (non-hydrogen) atoms. The van der Waals surface area contributed by atoms with E-state index in [-0.39, 0.29) is 41.4 Å². The molecular formula is C16H20ClFO4. The maximum Gasteiger partial charge on any atom is 0.311 e. The zero-order valence-corrected chi connectivity index (χ0v) is 13.7. The van der Waals surface area contributed by atoms with Crippen LogP contribution in [0, 0.1) is 11.2 Å². The van der Waals surface area contributed by atoms with E-state index in [1.54, 1.807) is 0 Å². The van der Waals surface area contributed by atoms with E-state index in [4.69, 9.17) is 21.1 Å². The molecule has 0 N–H and O–H groups in total. The van der Waals surface area contributed by atoms with Crippen molar-refractivity contribution in [3.63, 3.8) is 0 Å². The molecule has 0 heterocycles. The van der Waals surface area contributed by atoms with Gasteiger partial charge in [-0.3, -0.25) is 9.59 Å². The van der Waals surface area contributed by atoms with Crippen molar-refractivity contribution in [2.75, 3.05) is 6.61 Å². The number of rotatable bonds is 6. The van der Waals surface area contributed by atoms with Crippen LogP contribution in [-0.4, -0.2) is 18.5 Å². The predicted molar refractivity (Wildman–Crippen MR) is 81.3 cm³/mol. The number of hydrogen-bond acceptors (Lipinski definition) is 4. The number of para-hydroxylation sites is 1. The number of benzene rings is 1. The maximum atomic E-state index is 13.4. The lowest BCUT2D eigenvalue weighted by atomic mass is 9.99. The van der Waals surface area contributed by atoms with Gasteiger partial charge in [-0.1, -0.05) is 38.4 Å². The van der Waals surface area contributed by atoms with Gasteiger partial charge < -0.3 is 9.47 Å². The Balaban J connectivity index is 2.34. The number of halogens is 2. The van der Waals surface area contributed by atoms with Gasteiger partial charge in [-0.15, -0.1) is 0 Å². The molecule has 4 nitrogen and oxygen atoms in total. The lowest BCUT2D eigenvalue weighted by Crippen LogP contribution is -2.18. The molecule has 0 bridgehead atoms. The van der Waals surface area contributed by atoms with Gasteiger partial charge >= 0.3 is 11.9 Å². The fourth-order valence-electron chi connectivity index (χ4n) is 1.49. The minimum atomic E-state index is -0.703. The number of ether oxygens (including phenoxy) is 2. The second kappa shape index (κ2) is 8.13. The van der Waals surface area contributed by atoms with Crippen molar-refractivity contribution >= 4 is 23.5 Å². The second-order valence-corrected chi connectivity index (χ2v) is 6.51. The highest BCUT2D eigenvalue weighted by Crippen LogP contribution is 2.27. The molecule has 0 unspecified atom stereocenters. The third kappa shape index (κ3) is 6.89. The van der Waals surface area contributed by atoms with Crippen molar-refractivity contribution < 1.29 is 23.5 Å². The molecule has 0 spiro atoms. The normalized spacial score (nSPS) is 11.1. The summed E-state index contributed by atoms with van der Waals surface area (Å²) in [6.45, 7) is 6.18. The van der Waals surface area contributed by atoms with Gasteiger partial charge in [0.05, 0.1) is 11.6 Å². The molecule has 0 fully saturated rings. The van der Waals surface area contributed by atoms with Crippen molar-refractivity contribution in [3.8, 4) is 5.75 Å². The summed E-state index contributed by atoms with van der Waals surface area (Å²) in [5.74, 6) is -2.00. The van der Waals surface area contributed by atoms with Crippen molar-refractivity contribution in [1.29, 1.82) is 0 Å². The zero-order valence-electron chi connectivity index (χ0n) is 12.9. The Morgan fingerprint density at radius 2 is 1.82 bits per heavy atom. The van der Waals surface area contributed by atoms with Gasteiger partial charge in [-0.25, -0.2) is 4.39 Å². The predicted octanol–water partition coefficient (Wildman–Crippen LogP) is 4.14. The lowest BCUT2D eigenvalue weighted by molar-refractivity contribution is -0.146. The third-order valence-electron chi connectivity index (χ3n) is 2.56. The van der Waals surface area contributed by atoms with Crippen LogP contribution in [0.5, 0.6) is 5.75 Å².